The predicted octanol–water partition coefficient (Wildman–Crippen LogP) is 1.99. The third-order valence-corrected chi connectivity index (χ3v) is 2.78. The van der Waals surface area contributed by atoms with Crippen LogP contribution in [0.3, 0.4) is 0 Å². The molecule has 0 aromatic heterocycles. The summed E-state index contributed by atoms with van der Waals surface area (Å²) in [4.78, 5) is 21.9. The molecule has 0 saturated carbocycles. The lowest BCUT2D eigenvalue weighted by Gasteiger charge is -2.14. The molecule has 6 nitrogen and oxygen atoms in total. The van der Waals surface area contributed by atoms with Gasteiger partial charge in [0.1, 0.15) is 0 Å². The number of hydrogen-bond acceptors (Lipinski definition) is 3. The van der Waals surface area contributed by atoms with Crippen LogP contribution in [0.15, 0.2) is 0 Å². The fourth-order valence-electron chi connectivity index (χ4n) is 1.56. The van der Waals surface area contributed by atoms with Crippen LogP contribution in [0.25, 0.3) is 0 Å². The molecule has 0 fully saturated rings. The normalized spacial score (nSPS) is 12.2. The number of rotatable bonds is 11. The minimum Gasteiger partial charge on any atom is -0.481 e. The van der Waals surface area contributed by atoms with Gasteiger partial charge in [-0.15, -0.1) is 0 Å². The maximum atomic E-state index is 11.5. The van der Waals surface area contributed by atoms with Gasteiger partial charge in [-0.3, -0.25) is 4.79 Å². The van der Waals surface area contributed by atoms with Crippen molar-refractivity contribution in [1.82, 2.24) is 10.6 Å². The first kappa shape index (κ1) is 18.7. The minimum atomic E-state index is -0.805. The quantitative estimate of drug-likeness (QED) is 0.507. The van der Waals surface area contributed by atoms with Gasteiger partial charge in [0.15, 0.2) is 0 Å². The van der Waals surface area contributed by atoms with Gasteiger partial charge in [0.05, 0.1) is 6.61 Å². The zero-order valence-electron chi connectivity index (χ0n) is 12.8. The average molecular weight is 288 g/mol. The van der Waals surface area contributed by atoms with Crippen molar-refractivity contribution < 1.29 is 19.4 Å². The molecule has 0 bridgehead atoms. The fourth-order valence-corrected chi connectivity index (χ4v) is 1.56. The SMILES string of the molecule is CC(C)CCOCCNC(=O)NC(C)CCCC(=O)O. The Kier molecular flexibility index (Phi) is 10.8. The summed E-state index contributed by atoms with van der Waals surface area (Å²) in [5.74, 6) is -0.182. The summed E-state index contributed by atoms with van der Waals surface area (Å²) in [6, 6.07) is -0.267. The van der Waals surface area contributed by atoms with Crippen molar-refractivity contribution in [2.75, 3.05) is 19.8 Å². The molecule has 0 radical (unpaired) electrons. The lowest BCUT2D eigenvalue weighted by molar-refractivity contribution is -0.137. The van der Waals surface area contributed by atoms with Crippen molar-refractivity contribution >= 4 is 12.0 Å². The highest BCUT2D eigenvalue weighted by molar-refractivity contribution is 5.74. The van der Waals surface area contributed by atoms with Crippen molar-refractivity contribution in [1.29, 1.82) is 0 Å². The molecule has 0 rings (SSSR count). The van der Waals surface area contributed by atoms with Gasteiger partial charge >= 0.3 is 12.0 Å². The van der Waals surface area contributed by atoms with Gasteiger partial charge in [-0.25, -0.2) is 4.79 Å². The summed E-state index contributed by atoms with van der Waals surface area (Å²) in [5, 5.41) is 14.0. The Labute approximate surface area is 121 Å². The van der Waals surface area contributed by atoms with E-state index in [4.69, 9.17) is 9.84 Å². The number of carboxylic acid groups (broad SMARTS) is 1. The van der Waals surface area contributed by atoms with Crippen molar-refractivity contribution in [3.05, 3.63) is 0 Å². The van der Waals surface area contributed by atoms with Gasteiger partial charge in [0.25, 0.3) is 0 Å². The van der Waals surface area contributed by atoms with Gasteiger partial charge in [-0.2, -0.15) is 0 Å². The third-order valence-electron chi connectivity index (χ3n) is 2.78. The summed E-state index contributed by atoms with van der Waals surface area (Å²) in [6.07, 6.45) is 2.38. The van der Waals surface area contributed by atoms with Crippen molar-refractivity contribution in [2.24, 2.45) is 5.92 Å². The number of ether oxygens (including phenoxy) is 1. The van der Waals surface area contributed by atoms with E-state index in [-0.39, 0.29) is 18.5 Å². The molecular formula is C14H28N2O4. The number of hydrogen-bond donors (Lipinski definition) is 3. The molecule has 0 aromatic carbocycles. The number of amides is 2. The smallest absolute Gasteiger partial charge is 0.315 e. The molecule has 118 valence electrons. The number of carbonyl (C=O) groups is 2. The van der Waals surface area contributed by atoms with E-state index in [1.807, 2.05) is 6.92 Å². The molecule has 0 aromatic rings. The van der Waals surface area contributed by atoms with E-state index < -0.39 is 5.97 Å². The van der Waals surface area contributed by atoms with Crippen LogP contribution in [0.2, 0.25) is 0 Å². The van der Waals surface area contributed by atoms with E-state index in [2.05, 4.69) is 24.5 Å². The summed E-state index contributed by atoms with van der Waals surface area (Å²) in [5.41, 5.74) is 0. The lowest BCUT2D eigenvalue weighted by atomic mass is 10.1. The maximum absolute atomic E-state index is 11.5. The van der Waals surface area contributed by atoms with Crippen molar-refractivity contribution in [3.8, 4) is 0 Å². The molecular weight excluding hydrogens is 260 g/mol. The number of nitrogens with one attached hydrogen (secondary N) is 2. The average Bonchev–Trinajstić information content (AvgIpc) is 2.32. The van der Waals surface area contributed by atoms with Crippen LogP contribution in [0.1, 0.15) is 46.5 Å². The highest BCUT2D eigenvalue weighted by Crippen LogP contribution is 2.00. The molecule has 0 aliphatic carbocycles. The van der Waals surface area contributed by atoms with Crippen molar-refractivity contribution in [2.45, 2.75) is 52.5 Å². The summed E-state index contributed by atoms with van der Waals surface area (Å²) >= 11 is 0. The first-order chi connectivity index (χ1) is 9.41. The van der Waals surface area contributed by atoms with Gasteiger partial charge in [-0.1, -0.05) is 13.8 Å². The molecule has 3 N–H and O–H groups in total. The molecule has 0 aliphatic heterocycles. The maximum Gasteiger partial charge on any atom is 0.315 e. The minimum absolute atomic E-state index is 0.0313. The Hall–Kier alpha value is -1.30. The van der Waals surface area contributed by atoms with E-state index in [9.17, 15) is 9.59 Å². The van der Waals surface area contributed by atoms with E-state index >= 15 is 0 Å². The Balaban J connectivity index is 3.45. The van der Waals surface area contributed by atoms with Crippen LogP contribution in [-0.4, -0.2) is 42.9 Å². The van der Waals surface area contributed by atoms with Gasteiger partial charge < -0.3 is 20.5 Å². The zero-order valence-corrected chi connectivity index (χ0v) is 12.8. The van der Waals surface area contributed by atoms with Crippen LogP contribution in [0.4, 0.5) is 4.79 Å². The molecule has 6 heteroatoms. The first-order valence-electron chi connectivity index (χ1n) is 7.25. The standard InChI is InChI=1S/C14H28N2O4/c1-11(2)7-9-20-10-8-15-14(19)16-12(3)5-4-6-13(17)18/h11-12H,4-10H2,1-3H3,(H,17,18)(H2,15,16,19). The Morgan fingerprint density at radius 2 is 1.85 bits per heavy atom. The molecule has 0 saturated heterocycles. The summed E-state index contributed by atoms with van der Waals surface area (Å²) in [6.45, 7) is 7.84. The predicted molar refractivity (Wildman–Crippen MR) is 77.8 cm³/mol. The van der Waals surface area contributed by atoms with E-state index in [0.717, 1.165) is 6.42 Å². The Morgan fingerprint density at radius 1 is 1.15 bits per heavy atom. The fraction of sp³-hybridized carbons (Fsp3) is 0.857. The monoisotopic (exact) mass is 288 g/mol. The van der Waals surface area contributed by atoms with Crippen LogP contribution in [0, 0.1) is 5.92 Å². The molecule has 0 heterocycles. The van der Waals surface area contributed by atoms with E-state index in [1.165, 1.54) is 0 Å². The van der Waals surface area contributed by atoms with Crippen LogP contribution in [-0.2, 0) is 9.53 Å². The number of aliphatic carboxylic acids is 1. The second-order valence-corrected chi connectivity index (χ2v) is 5.38. The lowest BCUT2D eigenvalue weighted by Crippen LogP contribution is -2.42. The molecule has 2 amide bonds. The van der Waals surface area contributed by atoms with Gasteiger partial charge in [0.2, 0.25) is 0 Å². The van der Waals surface area contributed by atoms with E-state index in [0.29, 0.717) is 38.5 Å². The molecule has 1 unspecified atom stereocenters. The first-order valence-corrected chi connectivity index (χ1v) is 7.25. The topological polar surface area (TPSA) is 87.7 Å². The number of carbonyl (C=O) groups excluding carboxylic acids is 1. The zero-order chi connectivity index (χ0) is 15.4. The highest BCUT2D eigenvalue weighted by atomic mass is 16.5. The second kappa shape index (κ2) is 11.5. The van der Waals surface area contributed by atoms with Gasteiger partial charge in [-0.05, 0) is 32.1 Å². The molecule has 0 spiro atoms. The van der Waals surface area contributed by atoms with Crippen LogP contribution < -0.4 is 10.6 Å². The summed E-state index contributed by atoms with van der Waals surface area (Å²) in [7, 11) is 0. The molecule has 1 atom stereocenters. The number of urea groups is 1. The largest absolute Gasteiger partial charge is 0.481 e. The number of carboxylic acids is 1. The van der Waals surface area contributed by atoms with Crippen molar-refractivity contribution in [3.63, 3.8) is 0 Å². The highest BCUT2D eigenvalue weighted by Gasteiger charge is 2.07. The van der Waals surface area contributed by atoms with E-state index in [1.54, 1.807) is 0 Å². The Bertz CT molecular complexity index is 282. The molecule has 0 aliphatic rings. The second-order valence-electron chi connectivity index (χ2n) is 5.38. The van der Waals surface area contributed by atoms with Gasteiger partial charge in [0, 0.05) is 25.6 Å². The van der Waals surface area contributed by atoms with Crippen LogP contribution in [0.5, 0.6) is 0 Å². The molecule has 20 heavy (non-hydrogen) atoms. The summed E-state index contributed by atoms with van der Waals surface area (Å²) < 4.78 is 5.38. The Morgan fingerprint density at radius 3 is 2.45 bits per heavy atom. The third kappa shape index (κ3) is 13.1. The van der Waals surface area contributed by atoms with Crippen LogP contribution >= 0.6 is 0 Å².